The highest BCUT2D eigenvalue weighted by molar-refractivity contribution is 5.86. The van der Waals surface area contributed by atoms with Crippen LogP contribution in [0.3, 0.4) is 0 Å². The molecule has 0 heterocycles. The van der Waals surface area contributed by atoms with Gasteiger partial charge in [0.1, 0.15) is 18.8 Å². The fraction of sp³-hybridized carbons (Fsp3) is 0.323. The first-order valence-corrected chi connectivity index (χ1v) is 12.9. The Labute approximate surface area is 230 Å². The molecule has 0 bridgehead atoms. The number of rotatable bonds is 9. The van der Waals surface area contributed by atoms with Crippen molar-refractivity contribution in [3.05, 3.63) is 101 Å². The minimum absolute atomic E-state index is 0.116. The van der Waals surface area contributed by atoms with Gasteiger partial charge in [-0.25, -0.2) is 9.59 Å². The van der Waals surface area contributed by atoms with E-state index in [1.165, 1.54) is 0 Å². The molecule has 2 N–H and O–H groups in total. The van der Waals surface area contributed by atoms with Gasteiger partial charge in [-0.3, -0.25) is 10.1 Å². The molecule has 39 heavy (non-hydrogen) atoms. The van der Waals surface area contributed by atoms with Gasteiger partial charge in [0.2, 0.25) is 5.91 Å². The Morgan fingerprint density at radius 1 is 0.795 bits per heavy atom. The first-order valence-electron chi connectivity index (χ1n) is 12.9. The van der Waals surface area contributed by atoms with Crippen molar-refractivity contribution in [3.8, 4) is 0 Å². The molecule has 0 aliphatic heterocycles. The molecule has 8 heteroatoms. The zero-order valence-corrected chi connectivity index (χ0v) is 23.2. The predicted molar refractivity (Wildman–Crippen MR) is 151 cm³/mol. The molecule has 0 radical (unpaired) electrons. The number of ether oxygens (including phenoxy) is 2. The first kappa shape index (κ1) is 29.2. The molecule has 0 aromatic heterocycles. The summed E-state index contributed by atoms with van der Waals surface area (Å²) in [6.45, 7) is 9.81. The van der Waals surface area contributed by atoms with Gasteiger partial charge >= 0.3 is 12.2 Å². The number of hydrogen-bond acceptors (Lipinski definition) is 5. The van der Waals surface area contributed by atoms with Crippen LogP contribution in [0.15, 0.2) is 72.8 Å². The van der Waals surface area contributed by atoms with Gasteiger partial charge in [-0.2, -0.15) is 0 Å². The van der Waals surface area contributed by atoms with Crippen LogP contribution in [0.25, 0.3) is 0 Å². The summed E-state index contributed by atoms with van der Waals surface area (Å²) >= 11 is 0. The maximum absolute atomic E-state index is 13.3. The summed E-state index contributed by atoms with van der Waals surface area (Å²) < 4.78 is 10.6. The molecule has 3 amide bonds. The van der Waals surface area contributed by atoms with Crippen molar-refractivity contribution >= 4 is 23.8 Å². The number of nitrogens with one attached hydrogen (secondary N) is 2. The average Bonchev–Trinajstić information content (AvgIpc) is 2.88. The van der Waals surface area contributed by atoms with Gasteiger partial charge in [0, 0.05) is 18.8 Å². The molecule has 8 nitrogen and oxygen atoms in total. The van der Waals surface area contributed by atoms with Crippen molar-refractivity contribution < 1.29 is 23.9 Å². The van der Waals surface area contributed by atoms with Crippen LogP contribution in [0, 0.1) is 13.8 Å². The van der Waals surface area contributed by atoms with Crippen molar-refractivity contribution in [3.63, 3.8) is 0 Å². The smallest absolute Gasteiger partial charge is 0.412 e. The Morgan fingerprint density at radius 3 is 2.03 bits per heavy atom. The molecule has 0 saturated heterocycles. The summed E-state index contributed by atoms with van der Waals surface area (Å²) in [6.07, 6.45) is -1.21. The Kier molecular flexibility index (Phi) is 10.1. The number of amides is 3. The van der Waals surface area contributed by atoms with E-state index in [0.29, 0.717) is 12.2 Å². The Bertz CT molecular complexity index is 1270. The van der Waals surface area contributed by atoms with Gasteiger partial charge in [0.25, 0.3) is 0 Å². The highest BCUT2D eigenvalue weighted by atomic mass is 16.6. The lowest BCUT2D eigenvalue weighted by Gasteiger charge is -2.25. The molecule has 0 unspecified atom stereocenters. The summed E-state index contributed by atoms with van der Waals surface area (Å²) in [4.78, 5) is 39.6. The zero-order valence-electron chi connectivity index (χ0n) is 23.2. The summed E-state index contributed by atoms with van der Waals surface area (Å²) in [5.74, 6) is -0.267. The van der Waals surface area contributed by atoms with Crippen LogP contribution in [0.1, 0.15) is 48.6 Å². The van der Waals surface area contributed by atoms with Crippen molar-refractivity contribution in [2.75, 3.05) is 11.9 Å². The van der Waals surface area contributed by atoms with Gasteiger partial charge in [0.05, 0.1) is 0 Å². The lowest BCUT2D eigenvalue weighted by Crippen LogP contribution is -2.39. The lowest BCUT2D eigenvalue weighted by atomic mass is 10.0. The lowest BCUT2D eigenvalue weighted by molar-refractivity contribution is -0.131. The molecular weight excluding hydrogens is 494 g/mol. The standard InChI is InChI=1S/C31H37N3O5/c1-22-16-23(2)27(33-30(37)39-31(3,4)5)17-26(22)20-34(19-24-12-8-6-9-13-24)28(35)18-32-29(36)38-21-25-14-10-7-11-15-25/h6-17H,18-21H2,1-5H3,(H,32,36)(H,33,37). The van der Waals surface area contributed by atoms with E-state index < -0.39 is 17.8 Å². The first-order chi connectivity index (χ1) is 18.5. The van der Waals surface area contributed by atoms with Crippen LogP contribution in [0.4, 0.5) is 15.3 Å². The third kappa shape index (κ3) is 9.81. The Hall–Kier alpha value is -4.33. The summed E-state index contributed by atoms with van der Waals surface area (Å²) in [7, 11) is 0. The van der Waals surface area contributed by atoms with E-state index in [-0.39, 0.29) is 25.6 Å². The van der Waals surface area contributed by atoms with E-state index in [2.05, 4.69) is 10.6 Å². The van der Waals surface area contributed by atoms with E-state index in [4.69, 9.17) is 9.47 Å². The molecule has 0 fully saturated rings. The number of nitrogens with zero attached hydrogens (tertiary/aromatic N) is 1. The topological polar surface area (TPSA) is 97.0 Å². The van der Waals surface area contributed by atoms with E-state index in [1.807, 2.05) is 86.6 Å². The molecule has 3 aromatic carbocycles. The number of hydrogen-bond donors (Lipinski definition) is 2. The number of alkyl carbamates (subject to hydrolysis) is 1. The van der Waals surface area contributed by atoms with Crippen molar-refractivity contribution in [2.24, 2.45) is 0 Å². The largest absolute Gasteiger partial charge is 0.445 e. The minimum atomic E-state index is -0.665. The predicted octanol–water partition coefficient (Wildman–Crippen LogP) is 6.11. The van der Waals surface area contributed by atoms with Crippen LogP contribution in [0.5, 0.6) is 0 Å². The zero-order chi connectivity index (χ0) is 28.4. The van der Waals surface area contributed by atoms with E-state index in [0.717, 1.165) is 27.8 Å². The van der Waals surface area contributed by atoms with Crippen LogP contribution in [-0.4, -0.2) is 35.1 Å². The number of carbonyl (C=O) groups excluding carboxylic acids is 3. The Balaban J connectivity index is 1.72. The fourth-order valence-electron chi connectivity index (χ4n) is 3.89. The van der Waals surface area contributed by atoms with Gasteiger partial charge in [-0.05, 0) is 68.5 Å². The second kappa shape index (κ2) is 13.5. The molecule has 3 rings (SSSR count). The highest BCUT2D eigenvalue weighted by Gasteiger charge is 2.20. The maximum Gasteiger partial charge on any atom is 0.412 e. The average molecular weight is 532 g/mol. The SMILES string of the molecule is Cc1cc(C)c(NC(=O)OC(C)(C)C)cc1CN(Cc1ccccc1)C(=O)CNC(=O)OCc1ccccc1. The van der Waals surface area contributed by atoms with Crippen molar-refractivity contribution in [1.29, 1.82) is 0 Å². The summed E-state index contributed by atoms with van der Waals surface area (Å²) in [5.41, 5.74) is 4.51. The molecule has 0 aliphatic rings. The molecule has 0 aliphatic carbocycles. The molecule has 0 saturated carbocycles. The van der Waals surface area contributed by atoms with Crippen LogP contribution in [-0.2, 0) is 34.0 Å². The number of anilines is 1. The second-order valence-corrected chi connectivity index (χ2v) is 10.4. The molecule has 0 spiro atoms. The third-order valence-electron chi connectivity index (χ3n) is 5.85. The summed E-state index contributed by atoms with van der Waals surface area (Å²) in [5, 5.41) is 5.38. The van der Waals surface area contributed by atoms with Gasteiger partial charge in [0.15, 0.2) is 0 Å². The van der Waals surface area contributed by atoms with E-state index in [1.54, 1.807) is 25.7 Å². The minimum Gasteiger partial charge on any atom is -0.445 e. The van der Waals surface area contributed by atoms with Gasteiger partial charge in [-0.15, -0.1) is 0 Å². The highest BCUT2D eigenvalue weighted by Crippen LogP contribution is 2.24. The summed E-state index contributed by atoms with van der Waals surface area (Å²) in [6, 6.07) is 22.8. The molecule has 206 valence electrons. The van der Waals surface area contributed by atoms with Gasteiger partial charge in [-0.1, -0.05) is 66.7 Å². The van der Waals surface area contributed by atoms with E-state index in [9.17, 15) is 14.4 Å². The number of aryl methyl sites for hydroxylation is 2. The second-order valence-electron chi connectivity index (χ2n) is 10.4. The van der Waals surface area contributed by atoms with E-state index >= 15 is 0 Å². The quantitative estimate of drug-likeness (QED) is 0.347. The molecular formula is C31H37N3O5. The van der Waals surface area contributed by atoms with Crippen LogP contribution in [0.2, 0.25) is 0 Å². The maximum atomic E-state index is 13.3. The number of benzene rings is 3. The molecule has 0 atom stereocenters. The van der Waals surface area contributed by atoms with Crippen LogP contribution >= 0.6 is 0 Å². The van der Waals surface area contributed by atoms with Crippen LogP contribution < -0.4 is 10.6 Å². The fourth-order valence-corrected chi connectivity index (χ4v) is 3.89. The number of carbonyl (C=O) groups is 3. The van der Waals surface area contributed by atoms with Crippen molar-refractivity contribution in [2.45, 2.75) is 59.9 Å². The van der Waals surface area contributed by atoms with Gasteiger partial charge < -0.3 is 19.7 Å². The monoisotopic (exact) mass is 531 g/mol. The van der Waals surface area contributed by atoms with Crippen molar-refractivity contribution in [1.82, 2.24) is 10.2 Å². The normalized spacial score (nSPS) is 10.9. The Morgan fingerprint density at radius 2 is 1.41 bits per heavy atom. The molecule has 3 aromatic rings. The third-order valence-corrected chi connectivity index (χ3v) is 5.85.